The van der Waals surface area contributed by atoms with Gasteiger partial charge in [0.15, 0.2) is 9.84 Å². The monoisotopic (exact) mass is 349 g/mol. The average molecular weight is 349 g/mol. The molecule has 0 saturated carbocycles. The fourth-order valence-corrected chi connectivity index (χ4v) is 2.90. The second-order valence-corrected chi connectivity index (χ2v) is 7.50. The van der Waals surface area contributed by atoms with Gasteiger partial charge in [-0.25, -0.2) is 13.2 Å². The van der Waals surface area contributed by atoms with Crippen molar-refractivity contribution >= 4 is 21.5 Å². The van der Waals surface area contributed by atoms with Crippen LogP contribution >= 0.6 is 0 Å². The number of hydrogen-bond acceptors (Lipinski definition) is 6. The van der Waals surface area contributed by atoms with E-state index in [4.69, 9.17) is 4.74 Å². The van der Waals surface area contributed by atoms with E-state index < -0.39 is 20.7 Å². The molecular weight excluding hydrogens is 334 g/mol. The Morgan fingerprint density at radius 1 is 1.17 bits per heavy atom. The number of hydrogen-bond donors (Lipinski definition) is 0. The van der Waals surface area contributed by atoms with E-state index in [1.165, 1.54) is 30.3 Å². The minimum Gasteiger partial charge on any atom is -0.423 e. The first-order valence-electron chi connectivity index (χ1n) is 6.89. The van der Waals surface area contributed by atoms with Crippen molar-refractivity contribution in [2.75, 3.05) is 6.26 Å². The molecule has 0 aliphatic carbocycles. The summed E-state index contributed by atoms with van der Waals surface area (Å²) in [6.45, 7) is 1.55. The maximum Gasteiger partial charge on any atom is 0.343 e. The summed E-state index contributed by atoms with van der Waals surface area (Å²) in [6.07, 6.45) is 1.13. The summed E-state index contributed by atoms with van der Waals surface area (Å²) in [4.78, 5) is 22.3. The van der Waals surface area contributed by atoms with Gasteiger partial charge >= 0.3 is 5.97 Å². The molecule has 7 nitrogen and oxygen atoms in total. The summed E-state index contributed by atoms with van der Waals surface area (Å²) >= 11 is 0. The topological polar surface area (TPSA) is 104 Å². The van der Waals surface area contributed by atoms with Crippen molar-refractivity contribution in [2.45, 2.75) is 12.7 Å². The molecule has 0 aliphatic rings. The maximum absolute atomic E-state index is 12.1. The van der Waals surface area contributed by atoms with Crippen molar-refractivity contribution in [1.29, 1.82) is 0 Å². The highest BCUT2D eigenvalue weighted by atomic mass is 32.2. The lowest BCUT2D eigenvalue weighted by Gasteiger charge is -2.06. The Hall–Kier alpha value is -2.74. The van der Waals surface area contributed by atoms with Gasteiger partial charge in [-0.1, -0.05) is 12.1 Å². The molecule has 2 aromatic carbocycles. The van der Waals surface area contributed by atoms with E-state index in [-0.39, 0.29) is 22.8 Å². The van der Waals surface area contributed by atoms with Crippen LogP contribution < -0.4 is 4.74 Å². The normalized spacial score (nSPS) is 11.1. The largest absolute Gasteiger partial charge is 0.423 e. The number of nitro groups is 1. The Kier molecular flexibility index (Phi) is 4.99. The van der Waals surface area contributed by atoms with E-state index in [2.05, 4.69) is 0 Å². The molecule has 0 fully saturated rings. The number of carbonyl (C=O) groups is 1. The van der Waals surface area contributed by atoms with Crippen LogP contribution in [0, 0.1) is 17.0 Å². The van der Waals surface area contributed by atoms with E-state index in [9.17, 15) is 23.3 Å². The fourth-order valence-electron chi connectivity index (χ4n) is 2.10. The number of nitro benzene ring substituents is 1. The minimum absolute atomic E-state index is 0.0556. The van der Waals surface area contributed by atoms with E-state index in [0.717, 1.165) is 6.26 Å². The molecule has 8 heteroatoms. The minimum atomic E-state index is -3.15. The molecule has 0 bridgehead atoms. The lowest BCUT2D eigenvalue weighted by atomic mass is 10.1. The molecule has 126 valence electrons. The Labute approximate surface area is 139 Å². The molecule has 24 heavy (non-hydrogen) atoms. The molecule has 0 spiro atoms. The zero-order valence-corrected chi connectivity index (χ0v) is 13.9. The van der Waals surface area contributed by atoms with Gasteiger partial charge in [0.25, 0.3) is 5.69 Å². The Bertz CT molecular complexity index is 887. The number of ether oxygens (including phenoxy) is 1. The van der Waals surface area contributed by atoms with E-state index >= 15 is 0 Å². The lowest BCUT2D eigenvalue weighted by Crippen LogP contribution is -2.09. The quantitative estimate of drug-likeness (QED) is 0.356. The number of rotatable bonds is 5. The van der Waals surface area contributed by atoms with Gasteiger partial charge in [-0.2, -0.15) is 0 Å². The summed E-state index contributed by atoms with van der Waals surface area (Å²) in [5.41, 5.74) is 1.15. The molecule has 0 amide bonds. The molecule has 0 aliphatic heterocycles. The SMILES string of the molecule is Cc1cc(OC(=O)c2ccc(CS(C)(=O)=O)cc2)ccc1[N+](=O)[O-]. The van der Waals surface area contributed by atoms with Crippen molar-refractivity contribution in [3.05, 3.63) is 69.3 Å². The molecule has 0 unspecified atom stereocenters. The van der Waals surface area contributed by atoms with Crippen LogP contribution in [-0.4, -0.2) is 25.6 Å². The number of aryl methyl sites for hydroxylation is 1. The van der Waals surface area contributed by atoms with E-state index in [1.54, 1.807) is 19.1 Å². The van der Waals surface area contributed by atoms with E-state index in [0.29, 0.717) is 11.1 Å². The van der Waals surface area contributed by atoms with E-state index in [1.807, 2.05) is 0 Å². The molecule has 0 N–H and O–H groups in total. The van der Waals surface area contributed by atoms with Crippen LogP contribution in [0.5, 0.6) is 5.75 Å². The summed E-state index contributed by atoms with van der Waals surface area (Å²) in [7, 11) is -3.15. The Morgan fingerprint density at radius 3 is 2.29 bits per heavy atom. The number of carbonyl (C=O) groups excluding carboxylic acids is 1. The number of nitrogens with zero attached hydrogens (tertiary/aromatic N) is 1. The standard InChI is InChI=1S/C16H15NO6S/c1-11-9-14(7-8-15(11)17(19)20)23-16(18)13-5-3-12(4-6-13)10-24(2,21)22/h3-9H,10H2,1-2H3. The summed E-state index contributed by atoms with van der Waals surface area (Å²) in [5, 5.41) is 10.8. The highest BCUT2D eigenvalue weighted by Gasteiger charge is 2.14. The van der Waals surface area contributed by atoms with Crippen LogP contribution in [0.15, 0.2) is 42.5 Å². The van der Waals surface area contributed by atoms with Gasteiger partial charge in [0.1, 0.15) is 5.75 Å². The fraction of sp³-hybridized carbons (Fsp3) is 0.188. The molecule has 0 heterocycles. The molecular formula is C16H15NO6S. The molecule has 2 rings (SSSR count). The third-order valence-electron chi connectivity index (χ3n) is 3.19. The first-order chi connectivity index (χ1) is 11.2. The molecule has 0 atom stereocenters. The van der Waals surface area contributed by atoms with Gasteiger partial charge in [-0.05, 0) is 36.8 Å². The average Bonchev–Trinajstić information content (AvgIpc) is 2.45. The van der Waals surface area contributed by atoms with Crippen molar-refractivity contribution in [2.24, 2.45) is 0 Å². The van der Waals surface area contributed by atoms with Crippen molar-refractivity contribution in [3.8, 4) is 5.75 Å². The van der Waals surface area contributed by atoms with Crippen molar-refractivity contribution in [3.63, 3.8) is 0 Å². The second-order valence-electron chi connectivity index (χ2n) is 5.36. The number of benzene rings is 2. The van der Waals surface area contributed by atoms with Gasteiger partial charge in [-0.15, -0.1) is 0 Å². The highest BCUT2D eigenvalue weighted by Crippen LogP contribution is 2.23. The van der Waals surface area contributed by atoms with Gasteiger partial charge < -0.3 is 4.74 Å². The molecule has 0 aromatic heterocycles. The predicted octanol–water partition coefficient (Wildman–Crippen LogP) is 2.67. The lowest BCUT2D eigenvalue weighted by molar-refractivity contribution is -0.385. The van der Waals surface area contributed by atoms with Crippen LogP contribution in [0.1, 0.15) is 21.5 Å². The van der Waals surface area contributed by atoms with Crippen LogP contribution in [-0.2, 0) is 15.6 Å². The smallest absolute Gasteiger partial charge is 0.343 e. The first kappa shape index (κ1) is 17.6. The summed E-state index contributed by atoms with van der Waals surface area (Å²) < 4.78 is 27.6. The predicted molar refractivity (Wildman–Crippen MR) is 87.8 cm³/mol. The van der Waals surface area contributed by atoms with Crippen molar-refractivity contribution < 1.29 is 22.9 Å². The zero-order valence-electron chi connectivity index (χ0n) is 13.1. The van der Waals surface area contributed by atoms with Crippen molar-refractivity contribution in [1.82, 2.24) is 0 Å². The van der Waals surface area contributed by atoms with Gasteiger partial charge in [0.2, 0.25) is 0 Å². The zero-order chi connectivity index (χ0) is 17.9. The Morgan fingerprint density at radius 2 is 1.79 bits per heavy atom. The van der Waals surface area contributed by atoms with Gasteiger partial charge in [-0.3, -0.25) is 10.1 Å². The van der Waals surface area contributed by atoms with Crippen LogP contribution in [0.25, 0.3) is 0 Å². The maximum atomic E-state index is 12.1. The first-order valence-corrected chi connectivity index (χ1v) is 8.95. The number of esters is 1. The second kappa shape index (κ2) is 6.79. The van der Waals surface area contributed by atoms with Crippen LogP contribution in [0.2, 0.25) is 0 Å². The van der Waals surface area contributed by atoms with Crippen LogP contribution in [0.3, 0.4) is 0 Å². The summed E-state index contributed by atoms with van der Waals surface area (Å²) in [6, 6.07) is 10.1. The number of sulfone groups is 1. The molecule has 0 radical (unpaired) electrons. The highest BCUT2D eigenvalue weighted by molar-refractivity contribution is 7.89. The van der Waals surface area contributed by atoms with Gasteiger partial charge in [0, 0.05) is 17.9 Å². The molecule has 2 aromatic rings. The Balaban J connectivity index is 2.12. The third-order valence-corrected chi connectivity index (χ3v) is 4.05. The third kappa shape index (κ3) is 4.63. The van der Waals surface area contributed by atoms with Gasteiger partial charge in [0.05, 0.1) is 16.2 Å². The summed E-state index contributed by atoms with van der Waals surface area (Å²) in [5.74, 6) is -0.540. The molecule has 0 saturated heterocycles. The van der Waals surface area contributed by atoms with Crippen LogP contribution in [0.4, 0.5) is 5.69 Å².